The fourth-order valence-electron chi connectivity index (χ4n) is 7.62. The molecule has 4 heteroatoms. The molecule has 0 radical (unpaired) electrons. The number of nitrogens with zero attached hydrogens (tertiary/aromatic N) is 3. The zero-order valence-corrected chi connectivity index (χ0v) is 27.2. The van der Waals surface area contributed by atoms with E-state index >= 15 is 0 Å². The van der Waals surface area contributed by atoms with Crippen LogP contribution in [-0.4, -0.2) is 16.6 Å². The van der Waals surface area contributed by atoms with Gasteiger partial charge in [0, 0.05) is 27.6 Å². The molecule has 1 atom stereocenters. The molecule has 236 valence electrons. The van der Waals surface area contributed by atoms with Crippen molar-refractivity contribution in [3.05, 3.63) is 192 Å². The van der Waals surface area contributed by atoms with E-state index in [0.29, 0.717) is 0 Å². The van der Waals surface area contributed by atoms with Crippen LogP contribution in [0, 0.1) is 0 Å². The van der Waals surface area contributed by atoms with Crippen LogP contribution in [0.15, 0.2) is 180 Å². The molecule has 1 N–H and O–H groups in total. The third-order valence-electron chi connectivity index (χ3n) is 9.97. The number of benzene rings is 6. The maximum absolute atomic E-state index is 5.35. The maximum atomic E-state index is 5.35. The molecule has 6 aromatic carbocycles. The molecule has 0 saturated carbocycles. The van der Waals surface area contributed by atoms with Crippen molar-refractivity contribution in [3.8, 4) is 11.1 Å². The third kappa shape index (κ3) is 4.57. The lowest BCUT2D eigenvalue weighted by Crippen LogP contribution is -2.42. The highest BCUT2D eigenvalue weighted by molar-refractivity contribution is 6.15. The summed E-state index contributed by atoms with van der Waals surface area (Å²) in [6.45, 7) is 0. The highest BCUT2D eigenvalue weighted by Gasteiger charge is 2.27. The fraction of sp³-hybridized carbons (Fsp3) is 0.0217. The van der Waals surface area contributed by atoms with Gasteiger partial charge in [0.15, 0.2) is 0 Å². The number of para-hydroxylation sites is 3. The minimum atomic E-state index is 0.0233. The Morgan fingerprint density at radius 2 is 1.22 bits per heavy atom. The van der Waals surface area contributed by atoms with Crippen molar-refractivity contribution < 1.29 is 0 Å². The number of aromatic nitrogens is 1. The Morgan fingerprint density at radius 3 is 2.12 bits per heavy atom. The standard InChI is InChI=1S/C46H32N4/c1-3-14-32(15-4-1)45-39-19-8-10-20-40(39)47-46(48-45)50-43-22-12-9-18-37(43)38-27-25-34(30-44(38)50)33-26-28-42-35(29-33)24-23-31-13-7-11-21-41(31)49(42)36-16-5-2-6-17-36/h1-30,40H,(H,47,48). The second kappa shape index (κ2) is 11.5. The first-order chi connectivity index (χ1) is 24.8. The van der Waals surface area contributed by atoms with Gasteiger partial charge in [0.05, 0.1) is 34.1 Å². The van der Waals surface area contributed by atoms with Crippen LogP contribution in [-0.2, 0) is 0 Å². The summed E-state index contributed by atoms with van der Waals surface area (Å²) in [5, 5.41) is 6.18. The number of fused-ring (bicyclic) bond motifs is 6. The molecule has 10 rings (SSSR count). The van der Waals surface area contributed by atoms with Crippen LogP contribution in [0.3, 0.4) is 0 Å². The summed E-state index contributed by atoms with van der Waals surface area (Å²) in [7, 11) is 0. The molecule has 0 fully saturated rings. The molecule has 50 heavy (non-hydrogen) atoms. The van der Waals surface area contributed by atoms with Crippen LogP contribution in [0.2, 0.25) is 0 Å². The predicted octanol–water partition coefficient (Wildman–Crippen LogP) is 11.1. The number of allylic oxidation sites excluding steroid dienone is 2. The van der Waals surface area contributed by atoms with E-state index in [1.54, 1.807) is 0 Å². The Bertz CT molecular complexity index is 2620. The molecule has 3 heterocycles. The van der Waals surface area contributed by atoms with E-state index in [-0.39, 0.29) is 6.04 Å². The molecule has 1 aromatic heterocycles. The first kappa shape index (κ1) is 28.4. The van der Waals surface area contributed by atoms with Crippen molar-refractivity contribution in [2.24, 2.45) is 4.99 Å². The van der Waals surface area contributed by atoms with Crippen LogP contribution < -0.4 is 10.2 Å². The molecule has 0 spiro atoms. The van der Waals surface area contributed by atoms with Gasteiger partial charge in [0.1, 0.15) is 0 Å². The van der Waals surface area contributed by atoms with E-state index in [0.717, 1.165) is 50.8 Å². The molecule has 1 aliphatic carbocycles. The highest BCUT2D eigenvalue weighted by atomic mass is 15.2. The molecular formula is C46H32N4. The second-order valence-corrected chi connectivity index (χ2v) is 12.9. The van der Waals surface area contributed by atoms with E-state index in [1.807, 2.05) is 0 Å². The molecule has 4 nitrogen and oxygen atoms in total. The topological polar surface area (TPSA) is 32.6 Å². The molecule has 0 bridgehead atoms. The van der Waals surface area contributed by atoms with Gasteiger partial charge < -0.3 is 10.2 Å². The molecule has 0 saturated heterocycles. The quantitative estimate of drug-likeness (QED) is 0.208. The number of anilines is 3. The monoisotopic (exact) mass is 640 g/mol. The normalized spacial score (nSPS) is 16.1. The van der Waals surface area contributed by atoms with E-state index in [9.17, 15) is 0 Å². The van der Waals surface area contributed by atoms with Crippen LogP contribution in [0.1, 0.15) is 16.7 Å². The van der Waals surface area contributed by atoms with E-state index in [2.05, 4.69) is 197 Å². The van der Waals surface area contributed by atoms with Gasteiger partial charge in [-0.05, 0) is 64.7 Å². The average molecular weight is 641 g/mol. The fourth-order valence-corrected chi connectivity index (χ4v) is 7.62. The van der Waals surface area contributed by atoms with Crippen molar-refractivity contribution in [3.63, 3.8) is 0 Å². The number of hydrogen-bond acceptors (Lipinski definition) is 3. The van der Waals surface area contributed by atoms with Gasteiger partial charge in [-0.15, -0.1) is 0 Å². The third-order valence-corrected chi connectivity index (χ3v) is 9.97. The summed E-state index contributed by atoms with van der Waals surface area (Å²) < 4.78 is 2.30. The second-order valence-electron chi connectivity index (χ2n) is 12.9. The van der Waals surface area contributed by atoms with Crippen LogP contribution >= 0.6 is 0 Å². The first-order valence-electron chi connectivity index (χ1n) is 17.1. The van der Waals surface area contributed by atoms with Crippen molar-refractivity contribution in [1.29, 1.82) is 0 Å². The summed E-state index contributed by atoms with van der Waals surface area (Å²) in [4.78, 5) is 7.72. The van der Waals surface area contributed by atoms with Crippen molar-refractivity contribution in [2.45, 2.75) is 6.04 Å². The van der Waals surface area contributed by atoms with Crippen molar-refractivity contribution >= 4 is 62.7 Å². The van der Waals surface area contributed by atoms with Crippen LogP contribution in [0.4, 0.5) is 17.1 Å². The predicted molar refractivity (Wildman–Crippen MR) is 210 cm³/mol. The SMILES string of the molecule is C1=CC2=C(c3ccccc3)N=C(n3c4ccccc4c4ccc(-c5ccc6c(c5)C=Cc5ccccc5N6c5ccccc5)cc43)NC2C=C1. The summed E-state index contributed by atoms with van der Waals surface area (Å²) in [5.41, 5.74) is 13.7. The molecule has 3 aliphatic rings. The van der Waals surface area contributed by atoms with Gasteiger partial charge in [0.2, 0.25) is 5.96 Å². The highest BCUT2D eigenvalue weighted by Crippen LogP contribution is 2.43. The van der Waals surface area contributed by atoms with Crippen LogP contribution in [0.5, 0.6) is 0 Å². The Balaban J connectivity index is 1.14. The zero-order valence-electron chi connectivity index (χ0n) is 27.2. The van der Waals surface area contributed by atoms with Crippen molar-refractivity contribution in [2.75, 3.05) is 4.90 Å². The Morgan fingerprint density at radius 1 is 0.520 bits per heavy atom. The van der Waals surface area contributed by atoms with Crippen molar-refractivity contribution in [1.82, 2.24) is 9.88 Å². The number of aliphatic imine (C=N–C) groups is 1. The number of rotatable bonds is 3. The van der Waals surface area contributed by atoms with E-state index in [1.165, 1.54) is 33.2 Å². The number of nitrogens with one attached hydrogen (secondary N) is 1. The maximum Gasteiger partial charge on any atom is 0.209 e. The van der Waals surface area contributed by atoms with Gasteiger partial charge in [-0.2, -0.15) is 0 Å². The average Bonchev–Trinajstić information content (AvgIpc) is 3.42. The molecular weight excluding hydrogens is 609 g/mol. The summed E-state index contributed by atoms with van der Waals surface area (Å²) in [5.74, 6) is 0.821. The van der Waals surface area contributed by atoms with Gasteiger partial charge in [-0.25, -0.2) is 4.99 Å². The Labute approximate surface area is 291 Å². The Kier molecular flexibility index (Phi) is 6.53. The molecule has 2 aliphatic heterocycles. The minimum Gasteiger partial charge on any atom is -0.345 e. The van der Waals surface area contributed by atoms with E-state index in [4.69, 9.17) is 4.99 Å². The van der Waals surface area contributed by atoms with Gasteiger partial charge in [-0.3, -0.25) is 4.57 Å². The smallest absolute Gasteiger partial charge is 0.209 e. The molecule has 0 amide bonds. The summed E-state index contributed by atoms with van der Waals surface area (Å²) in [6.07, 6.45) is 13.1. The lowest BCUT2D eigenvalue weighted by atomic mass is 9.95. The largest absolute Gasteiger partial charge is 0.345 e. The molecule has 1 unspecified atom stereocenters. The van der Waals surface area contributed by atoms with Crippen LogP contribution in [0.25, 0.3) is 50.8 Å². The molecule has 7 aromatic rings. The van der Waals surface area contributed by atoms with Gasteiger partial charge in [0.25, 0.3) is 0 Å². The van der Waals surface area contributed by atoms with Gasteiger partial charge in [-0.1, -0.05) is 140 Å². The first-order valence-corrected chi connectivity index (χ1v) is 17.1. The minimum absolute atomic E-state index is 0.0233. The lowest BCUT2D eigenvalue weighted by Gasteiger charge is -2.28. The number of hydrogen-bond donors (Lipinski definition) is 1. The zero-order chi connectivity index (χ0) is 33.0. The Hall–Kier alpha value is -6.65. The summed E-state index contributed by atoms with van der Waals surface area (Å²) >= 11 is 0. The van der Waals surface area contributed by atoms with E-state index < -0.39 is 0 Å². The van der Waals surface area contributed by atoms with Gasteiger partial charge >= 0.3 is 0 Å². The lowest BCUT2D eigenvalue weighted by molar-refractivity contribution is 0.805. The summed E-state index contributed by atoms with van der Waals surface area (Å²) in [6, 6.07) is 52.1.